The summed E-state index contributed by atoms with van der Waals surface area (Å²) in [7, 11) is 0. The summed E-state index contributed by atoms with van der Waals surface area (Å²) in [6.07, 6.45) is 8.86. The second-order valence-electron chi connectivity index (χ2n) is 9.86. The number of carbonyl (C=O) groups excluding carboxylic acids is 1. The van der Waals surface area contributed by atoms with Crippen molar-refractivity contribution >= 4 is 28.4 Å². The highest BCUT2D eigenvalue weighted by molar-refractivity contribution is 7.99. The quantitative estimate of drug-likeness (QED) is 0.544. The van der Waals surface area contributed by atoms with Gasteiger partial charge in [0.05, 0.1) is 5.03 Å². The molecule has 2 heterocycles. The molecule has 1 N–H and O–H groups in total. The zero-order chi connectivity index (χ0) is 22.4. The SMILES string of the molecule is O=C(NC1CCCCC1)[C@@H]1CSc2c(C3CC3)c(Cc3cccc4ccccc34)cc(=O)n21. The highest BCUT2D eigenvalue weighted by Crippen LogP contribution is 2.48. The van der Waals surface area contributed by atoms with Gasteiger partial charge in [-0.2, -0.15) is 0 Å². The van der Waals surface area contributed by atoms with Gasteiger partial charge < -0.3 is 5.32 Å². The molecule has 170 valence electrons. The summed E-state index contributed by atoms with van der Waals surface area (Å²) in [6.45, 7) is 0. The summed E-state index contributed by atoms with van der Waals surface area (Å²) in [5, 5.41) is 6.78. The molecule has 2 aromatic carbocycles. The maximum atomic E-state index is 13.4. The van der Waals surface area contributed by atoms with E-state index in [0.29, 0.717) is 11.7 Å². The number of rotatable bonds is 5. The van der Waals surface area contributed by atoms with Crippen LogP contribution >= 0.6 is 11.8 Å². The van der Waals surface area contributed by atoms with Crippen LogP contribution in [0.2, 0.25) is 0 Å². The fourth-order valence-electron chi connectivity index (χ4n) is 5.68. The van der Waals surface area contributed by atoms with Gasteiger partial charge in [-0.3, -0.25) is 14.2 Å². The molecule has 0 saturated heterocycles. The summed E-state index contributed by atoms with van der Waals surface area (Å²) in [4.78, 5) is 26.5. The normalized spacial score (nSPS) is 20.7. The smallest absolute Gasteiger partial charge is 0.252 e. The van der Waals surface area contributed by atoms with E-state index in [4.69, 9.17) is 0 Å². The topological polar surface area (TPSA) is 51.1 Å². The number of aromatic nitrogens is 1. The zero-order valence-corrected chi connectivity index (χ0v) is 19.7. The Morgan fingerprint density at radius 2 is 1.76 bits per heavy atom. The highest BCUT2D eigenvalue weighted by atomic mass is 32.2. The van der Waals surface area contributed by atoms with Crippen LogP contribution in [0.25, 0.3) is 10.8 Å². The van der Waals surface area contributed by atoms with E-state index in [0.717, 1.165) is 29.9 Å². The number of hydrogen-bond acceptors (Lipinski definition) is 3. The third-order valence-corrected chi connectivity index (χ3v) is 8.69. The molecule has 3 aliphatic rings. The minimum Gasteiger partial charge on any atom is -0.352 e. The van der Waals surface area contributed by atoms with Gasteiger partial charge in [-0.25, -0.2) is 0 Å². The Balaban J connectivity index is 1.35. The lowest BCUT2D eigenvalue weighted by Crippen LogP contribution is -2.42. The monoisotopic (exact) mass is 458 g/mol. The molecule has 1 amide bonds. The number of pyridine rings is 1. The van der Waals surface area contributed by atoms with Crippen LogP contribution in [-0.4, -0.2) is 22.3 Å². The van der Waals surface area contributed by atoms with E-state index in [-0.39, 0.29) is 23.6 Å². The van der Waals surface area contributed by atoms with Crippen LogP contribution in [0.15, 0.2) is 58.4 Å². The molecule has 1 atom stereocenters. The summed E-state index contributed by atoms with van der Waals surface area (Å²) in [5.74, 6) is 1.20. The first kappa shape index (κ1) is 21.0. The summed E-state index contributed by atoms with van der Waals surface area (Å²) in [6, 6.07) is 16.6. The van der Waals surface area contributed by atoms with Crippen molar-refractivity contribution < 1.29 is 4.79 Å². The first-order valence-corrected chi connectivity index (χ1v) is 13.4. The van der Waals surface area contributed by atoms with Crippen molar-refractivity contribution in [2.75, 3.05) is 5.75 Å². The lowest BCUT2D eigenvalue weighted by molar-refractivity contribution is -0.124. The molecule has 0 spiro atoms. The Labute approximate surface area is 198 Å². The highest BCUT2D eigenvalue weighted by Gasteiger charge is 2.38. The molecule has 0 bridgehead atoms. The van der Waals surface area contributed by atoms with Gasteiger partial charge in [0, 0.05) is 17.9 Å². The van der Waals surface area contributed by atoms with Crippen molar-refractivity contribution in [2.45, 2.75) is 74.4 Å². The van der Waals surface area contributed by atoms with Gasteiger partial charge in [-0.1, -0.05) is 61.7 Å². The average Bonchev–Trinajstić information content (AvgIpc) is 3.57. The van der Waals surface area contributed by atoms with Crippen molar-refractivity contribution in [3.05, 3.63) is 75.6 Å². The maximum Gasteiger partial charge on any atom is 0.252 e. The zero-order valence-electron chi connectivity index (χ0n) is 18.9. The van der Waals surface area contributed by atoms with E-state index < -0.39 is 0 Å². The number of thioether (sulfide) groups is 1. The molecular formula is C28H30N2O2S. The van der Waals surface area contributed by atoms with Crippen molar-refractivity contribution in [3.8, 4) is 0 Å². The van der Waals surface area contributed by atoms with Crippen molar-refractivity contribution in [3.63, 3.8) is 0 Å². The van der Waals surface area contributed by atoms with Gasteiger partial charge in [-0.05, 0) is 65.5 Å². The van der Waals surface area contributed by atoms with Gasteiger partial charge >= 0.3 is 0 Å². The predicted octanol–water partition coefficient (Wildman–Crippen LogP) is 5.57. The van der Waals surface area contributed by atoms with E-state index in [1.54, 1.807) is 11.8 Å². The third-order valence-electron chi connectivity index (χ3n) is 7.52. The molecule has 33 heavy (non-hydrogen) atoms. The van der Waals surface area contributed by atoms with Crippen molar-refractivity contribution in [2.24, 2.45) is 0 Å². The first-order chi connectivity index (χ1) is 16.2. The fourth-order valence-corrected chi connectivity index (χ4v) is 7.11. The standard InChI is InChI=1S/C28H30N2O2S/c31-25-16-21(15-20-9-6-8-18-7-4-5-12-23(18)20)26(19-13-14-19)28-30(25)24(17-33-28)27(32)29-22-10-2-1-3-11-22/h4-9,12,16,19,22,24H,1-3,10-11,13-15,17H2,(H,29,32)/t24-/m0/s1. The number of nitrogens with zero attached hydrogens (tertiary/aromatic N) is 1. The predicted molar refractivity (Wildman–Crippen MR) is 134 cm³/mol. The summed E-state index contributed by atoms with van der Waals surface area (Å²) < 4.78 is 1.81. The molecule has 6 rings (SSSR count). The molecule has 2 fully saturated rings. The number of hydrogen-bond donors (Lipinski definition) is 1. The summed E-state index contributed by atoms with van der Waals surface area (Å²) in [5.41, 5.74) is 3.69. The molecule has 0 radical (unpaired) electrons. The average molecular weight is 459 g/mol. The van der Waals surface area contributed by atoms with Gasteiger partial charge in [0.2, 0.25) is 5.91 Å². The molecule has 5 heteroatoms. The van der Waals surface area contributed by atoms with E-state index in [1.807, 2.05) is 10.6 Å². The Bertz CT molecular complexity index is 1270. The van der Waals surface area contributed by atoms with Gasteiger partial charge in [0.25, 0.3) is 5.56 Å². The number of carbonyl (C=O) groups is 1. The molecule has 1 aliphatic heterocycles. The minimum absolute atomic E-state index is 0.0267. The van der Waals surface area contributed by atoms with Crippen molar-refractivity contribution in [1.82, 2.24) is 9.88 Å². The number of fused-ring (bicyclic) bond motifs is 2. The van der Waals surface area contributed by atoms with Gasteiger partial charge in [0.1, 0.15) is 6.04 Å². The molecule has 3 aromatic rings. The fraction of sp³-hybridized carbons (Fsp3) is 0.429. The Hall–Kier alpha value is -2.53. The molecule has 1 aromatic heterocycles. The van der Waals surface area contributed by atoms with E-state index in [9.17, 15) is 9.59 Å². The summed E-state index contributed by atoms with van der Waals surface area (Å²) >= 11 is 1.71. The van der Waals surface area contributed by atoms with Gasteiger partial charge in [0.15, 0.2) is 0 Å². The molecule has 0 unspecified atom stereocenters. The third kappa shape index (κ3) is 4.01. The van der Waals surface area contributed by atoms with Crippen molar-refractivity contribution in [1.29, 1.82) is 0 Å². The number of amides is 1. The van der Waals surface area contributed by atoms with E-state index >= 15 is 0 Å². The van der Waals surface area contributed by atoms with Crippen LogP contribution in [-0.2, 0) is 11.2 Å². The van der Waals surface area contributed by atoms with Gasteiger partial charge in [-0.15, -0.1) is 11.8 Å². The molecular weight excluding hydrogens is 428 g/mol. The lowest BCUT2D eigenvalue weighted by atomic mass is 9.94. The number of benzene rings is 2. The second kappa shape index (κ2) is 8.68. The first-order valence-electron chi connectivity index (χ1n) is 12.4. The van der Waals surface area contributed by atoms with Crippen LogP contribution in [0, 0.1) is 0 Å². The van der Waals surface area contributed by atoms with Crippen LogP contribution in [0.5, 0.6) is 0 Å². The molecule has 4 nitrogen and oxygen atoms in total. The largest absolute Gasteiger partial charge is 0.352 e. The molecule has 2 saturated carbocycles. The van der Waals surface area contributed by atoms with Crippen LogP contribution in [0.4, 0.5) is 0 Å². The number of nitrogens with one attached hydrogen (secondary N) is 1. The van der Waals surface area contributed by atoms with Crippen LogP contribution in [0.1, 0.15) is 73.6 Å². The van der Waals surface area contributed by atoms with Crippen LogP contribution in [0.3, 0.4) is 0 Å². The minimum atomic E-state index is -0.386. The lowest BCUT2D eigenvalue weighted by Gasteiger charge is -2.25. The second-order valence-corrected chi connectivity index (χ2v) is 10.9. The Kier molecular flexibility index (Phi) is 5.53. The van der Waals surface area contributed by atoms with E-state index in [2.05, 4.69) is 47.8 Å². The maximum absolute atomic E-state index is 13.4. The van der Waals surface area contributed by atoms with Crippen LogP contribution < -0.4 is 10.9 Å². The van der Waals surface area contributed by atoms with E-state index in [1.165, 1.54) is 54.0 Å². The Morgan fingerprint density at radius 3 is 2.58 bits per heavy atom. The molecule has 2 aliphatic carbocycles. The Morgan fingerprint density at radius 1 is 0.970 bits per heavy atom.